The minimum atomic E-state index is -4.66. The van der Waals surface area contributed by atoms with Crippen molar-refractivity contribution in [2.24, 2.45) is 24.3 Å². The zero-order valence-electron chi connectivity index (χ0n) is 13.5. The number of nitrogens with zero attached hydrogens (tertiary/aromatic N) is 6. The van der Waals surface area contributed by atoms with Gasteiger partial charge in [-0.2, -0.15) is 0 Å². The standard InChI is InChI=1S/C13H18N6O4S/c1-17(8-9-23-24(20,21)22)12-6-4-11(5-7-12)15-16-13-18(2)10-14-19(13)3/h4-7,10H,8-9H2,1-3H3. The van der Waals surface area contributed by atoms with E-state index < -0.39 is 10.4 Å². The van der Waals surface area contributed by atoms with E-state index in [1.807, 2.05) is 19.2 Å². The van der Waals surface area contributed by atoms with Crippen LogP contribution < -0.4 is 9.58 Å². The van der Waals surface area contributed by atoms with Crippen LogP contribution >= 0.6 is 0 Å². The molecule has 0 saturated carbocycles. The Bertz CT molecular complexity index is 796. The Morgan fingerprint density at radius 2 is 2.00 bits per heavy atom. The van der Waals surface area contributed by atoms with Gasteiger partial charge in [-0.05, 0) is 24.3 Å². The van der Waals surface area contributed by atoms with E-state index in [-0.39, 0.29) is 13.2 Å². The molecule has 0 N–H and O–H groups in total. The predicted molar refractivity (Wildman–Crippen MR) is 83.9 cm³/mol. The van der Waals surface area contributed by atoms with Crippen molar-refractivity contribution in [3.63, 3.8) is 0 Å². The SMILES string of the molecule is CN(CCOS(=O)(=O)[O-])c1ccc(N=Nc2n(C)cn[n+]2C)cc1. The summed E-state index contributed by atoms with van der Waals surface area (Å²) in [6.07, 6.45) is 1.64. The fourth-order valence-electron chi connectivity index (χ4n) is 1.90. The Balaban J connectivity index is 1.97. The highest BCUT2D eigenvalue weighted by Gasteiger charge is 2.12. The van der Waals surface area contributed by atoms with Crippen molar-refractivity contribution in [2.45, 2.75) is 0 Å². The zero-order chi connectivity index (χ0) is 17.7. The van der Waals surface area contributed by atoms with Crippen LogP contribution in [0.2, 0.25) is 0 Å². The summed E-state index contributed by atoms with van der Waals surface area (Å²) in [7, 11) is 0.696. The summed E-state index contributed by atoms with van der Waals surface area (Å²) in [5.74, 6) is 0.604. The quantitative estimate of drug-likeness (QED) is 0.311. The van der Waals surface area contributed by atoms with E-state index in [1.165, 1.54) is 0 Å². The van der Waals surface area contributed by atoms with Gasteiger partial charge in [0.1, 0.15) is 5.69 Å². The van der Waals surface area contributed by atoms with Crippen LogP contribution in [0.25, 0.3) is 0 Å². The molecule has 2 aromatic rings. The molecule has 0 amide bonds. The van der Waals surface area contributed by atoms with Crippen LogP contribution in [-0.4, -0.2) is 42.8 Å². The van der Waals surface area contributed by atoms with E-state index >= 15 is 0 Å². The Labute approximate surface area is 140 Å². The van der Waals surface area contributed by atoms with Crippen molar-refractivity contribution in [3.05, 3.63) is 30.6 Å². The van der Waals surface area contributed by atoms with E-state index in [0.29, 0.717) is 11.6 Å². The molecule has 0 aliphatic rings. The number of rotatable bonds is 7. The minimum Gasteiger partial charge on any atom is -0.726 e. The van der Waals surface area contributed by atoms with Gasteiger partial charge in [0.05, 0.1) is 20.7 Å². The maximum absolute atomic E-state index is 10.4. The lowest BCUT2D eigenvalue weighted by molar-refractivity contribution is -0.716. The van der Waals surface area contributed by atoms with Gasteiger partial charge < -0.3 is 9.45 Å². The Morgan fingerprint density at radius 1 is 1.33 bits per heavy atom. The van der Waals surface area contributed by atoms with Crippen molar-refractivity contribution in [3.8, 4) is 0 Å². The summed E-state index contributed by atoms with van der Waals surface area (Å²) < 4.78 is 38.7. The van der Waals surface area contributed by atoms with Crippen LogP contribution in [0.5, 0.6) is 0 Å². The van der Waals surface area contributed by atoms with Crippen LogP contribution in [0.15, 0.2) is 40.8 Å². The number of aryl methyl sites for hydroxylation is 2. The van der Waals surface area contributed by atoms with Crippen molar-refractivity contribution < 1.29 is 21.8 Å². The van der Waals surface area contributed by atoms with E-state index in [2.05, 4.69) is 19.5 Å². The first-order valence-corrected chi connectivity index (χ1v) is 8.30. The minimum absolute atomic E-state index is 0.208. The number of likely N-dealkylation sites (N-methyl/N-ethyl adjacent to an activating group) is 1. The summed E-state index contributed by atoms with van der Waals surface area (Å²) in [4.78, 5) is 1.76. The lowest BCUT2D eigenvalue weighted by Gasteiger charge is -2.19. The maximum Gasteiger partial charge on any atom is 0.441 e. The largest absolute Gasteiger partial charge is 0.726 e. The number of hydrogen-bond acceptors (Lipinski definition) is 8. The predicted octanol–water partition coefficient (Wildman–Crippen LogP) is 0.573. The number of anilines is 1. The third kappa shape index (κ3) is 5.08. The van der Waals surface area contributed by atoms with Crippen LogP contribution in [-0.2, 0) is 28.7 Å². The smallest absolute Gasteiger partial charge is 0.441 e. The van der Waals surface area contributed by atoms with Crippen LogP contribution in [0.3, 0.4) is 0 Å². The summed E-state index contributed by atoms with van der Waals surface area (Å²) in [5.41, 5.74) is 1.48. The fourth-order valence-corrected chi connectivity index (χ4v) is 2.18. The number of benzene rings is 1. The average molecular weight is 354 g/mol. The third-order valence-corrected chi connectivity index (χ3v) is 3.66. The fraction of sp³-hybridized carbons (Fsp3) is 0.385. The number of aromatic nitrogens is 3. The van der Waals surface area contributed by atoms with Crippen molar-refractivity contribution in [1.82, 2.24) is 9.67 Å². The number of hydrogen-bond donors (Lipinski definition) is 0. The summed E-state index contributed by atoms with van der Waals surface area (Å²) in [5, 5.41) is 12.3. The molecule has 0 fully saturated rings. The highest BCUT2D eigenvalue weighted by Crippen LogP contribution is 2.20. The molecule has 11 heteroatoms. The molecular weight excluding hydrogens is 336 g/mol. The molecule has 0 radical (unpaired) electrons. The van der Waals surface area contributed by atoms with Crippen LogP contribution in [0.1, 0.15) is 0 Å². The van der Waals surface area contributed by atoms with Gasteiger partial charge in [-0.1, -0.05) is 10.2 Å². The van der Waals surface area contributed by atoms with Gasteiger partial charge >= 0.3 is 5.95 Å². The molecule has 1 heterocycles. The van der Waals surface area contributed by atoms with Crippen LogP contribution in [0.4, 0.5) is 17.3 Å². The molecule has 0 aliphatic heterocycles. The molecule has 0 atom stereocenters. The molecule has 0 spiro atoms. The molecular formula is C13H18N6O4S. The van der Waals surface area contributed by atoms with Gasteiger partial charge in [0.15, 0.2) is 6.33 Å². The molecule has 1 aromatic carbocycles. The van der Waals surface area contributed by atoms with E-state index in [4.69, 9.17) is 0 Å². The zero-order valence-corrected chi connectivity index (χ0v) is 14.3. The van der Waals surface area contributed by atoms with Gasteiger partial charge in [0, 0.05) is 24.4 Å². The molecule has 0 unspecified atom stereocenters. The molecule has 1 aromatic heterocycles. The van der Waals surface area contributed by atoms with Gasteiger partial charge in [0.25, 0.3) is 0 Å². The molecule has 24 heavy (non-hydrogen) atoms. The number of azo groups is 1. The van der Waals surface area contributed by atoms with Crippen molar-refractivity contribution in [2.75, 3.05) is 25.1 Å². The van der Waals surface area contributed by atoms with Crippen LogP contribution in [0, 0.1) is 0 Å². The van der Waals surface area contributed by atoms with E-state index in [0.717, 1.165) is 5.69 Å². The maximum atomic E-state index is 10.4. The summed E-state index contributed by atoms with van der Waals surface area (Å²) in [6, 6.07) is 7.17. The molecule has 0 saturated heterocycles. The lowest BCUT2D eigenvalue weighted by atomic mass is 10.2. The summed E-state index contributed by atoms with van der Waals surface area (Å²) in [6.45, 7) is 0.0496. The van der Waals surface area contributed by atoms with E-state index in [1.54, 1.807) is 46.7 Å². The van der Waals surface area contributed by atoms with Gasteiger partial charge in [-0.25, -0.2) is 13.0 Å². The van der Waals surface area contributed by atoms with Gasteiger partial charge in [0.2, 0.25) is 10.4 Å². The highest BCUT2D eigenvalue weighted by atomic mass is 32.3. The van der Waals surface area contributed by atoms with Gasteiger partial charge in [-0.3, -0.25) is 4.18 Å². The van der Waals surface area contributed by atoms with Crippen molar-refractivity contribution in [1.29, 1.82) is 0 Å². The van der Waals surface area contributed by atoms with Crippen molar-refractivity contribution >= 4 is 27.7 Å². The highest BCUT2D eigenvalue weighted by molar-refractivity contribution is 7.80. The topological polar surface area (TPSA) is 116 Å². The second kappa shape index (κ2) is 7.47. The second-order valence-corrected chi connectivity index (χ2v) is 6.09. The first kappa shape index (κ1) is 18.0. The second-order valence-electron chi connectivity index (χ2n) is 5.03. The Morgan fingerprint density at radius 3 is 2.54 bits per heavy atom. The molecule has 0 bridgehead atoms. The summed E-state index contributed by atoms with van der Waals surface area (Å²) >= 11 is 0. The Hall–Kier alpha value is -2.37. The molecule has 0 aliphatic carbocycles. The normalized spacial score (nSPS) is 12.0. The molecule has 130 valence electrons. The molecule has 2 rings (SSSR count). The average Bonchev–Trinajstić information content (AvgIpc) is 2.83. The Kier molecular flexibility index (Phi) is 5.59. The first-order chi connectivity index (χ1) is 11.3. The lowest BCUT2D eigenvalue weighted by Crippen LogP contribution is -2.29. The van der Waals surface area contributed by atoms with E-state index in [9.17, 15) is 13.0 Å². The van der Waals surface area contributed by atoms with Gasteiger partial charge in [-0.15, -0.1) is 4.68 Å². The third-order valence-electron chi connectivity index (χ3n) is 3.20. The first-order valence-electron chi connectivity index (χ1n) is 6.97. The molecule has 10 nitrogen and oxygen atoms in total. The monoisotopic (exact) mass is 354 g/mol.